The van der Waals surface area contributed by atoms with E-state index < -0.39 is 35.7 Å². The molecule has 1 fully saturated rings. The number of ether oxygens (including phenoxy) is 1. The van der Waals surface area contributed by atoms with Gasteiger partial charge < -0.3 is 20.1 Å². The first-order chi connectivity index (χ1) is 10.4. The molecule has 1 aromatic rings. The Balaban J connectivity index is 2.29. The molecule has 1 aliphatic heterocycles. The van der Waals surface area contributed by atoms with Crippen molar-refractivity contribution in [3.63, 3.8) is 0 Å². The maximum absolute atomic E-state index is 11.8. The van der Waals surface area contributed by atoms with E-state index in [-0.39, 0.29) is 25.0 Å². The second-order valence-corrected chi connectivity index (χ2v) is 4.87. The molecule has 1 saturated heterocycles. The fourth-order valence-corrected chi connectivity index (χ4v) is 2.17. The lowest BCUT2D eigenvalue weighted by Gasteiger charge is -2.14. The van der Waals surface area contributed by atoms with Gasteiger partial charge in [0.05, 0.1) is 24.7 Å². The third-order valence-electron chi connectivity index (χ3n) is 3.28. The van der Waals surface area contributed by atoms with Crippen LogP contribution in [0.2, 0.25) is 0 Å². The third kappa shape index (κ3) is 3.50. The number of H-pyrrole nitrogens is 1. The van der Waals surface area contributed by atoms with E-state index in [1.54, 1.807) is 0 Å². The van der Waals surface area contributed by atoms with Crippen LogP contribution in [-0.4, -0.2) is 49.7 Å². The molecule has 1 unspecified atom stereocenters. The molecule has 120 valence electrons. The summed E-state index contributed by atoms with van der Waals surface area (Å²) in [6.07, 6.45) is 1.11. The van der Waals surface area contributed by atoms with Gasteiger partial charge in [-0.05, 0) is 0 Å². The van der Waals surface area contributed by atoms with Crippen molar-refractivity contribution in [1.82, 2.24) is 9.55 Å². The van der Waals surface area contributed by atoms with Gasteiger partial charge in [-0.2, -0.15) is 0 Å². The molecule has 0 aromatic carbocycles. The molecule has 2 rings (SSSR count). The predicted molar refractivity (Wildman–Crippen MR) is 74.2 cm³/mol. The number of aliphatic carboxylic acids is 1. The molecule has 0 aliphatic carbocycles. The minimum Gasteiger partial charge on any atom is -0.481 e. The van der Waals surface area contributed by atoms with E-state index in [4.69, 9.17) is 14.9 Å². The maximum Gasteiger partial charge on any atom is 0.330 e. The lowest BCUT2D eigenvalue weighted by molar-refractivity contribution is -0.135. The number of nitrogens with one attached hydrogen (secondary N) is 1. The molecule has 4 N–H and O–H groups in total. The Labute approximate surface area is 124 Å². The Morgan fingerprint density at radius 2 is 2.23 bits per heavy atom. The number of aromatic amines is 1. The van der Waals surface area contributed by atoms with E-state index in [1.807, 2.05) is 0 Å². The first-order valence-corrected chi connectivity index (χ1v) is 6.60. The van der Waals surface area contributed by atoms with Crippen LogP contribution in [0.1, 0.15) is 24.6 Å². The molecular weight excluding hydrogens is 296 g/mol. The maximum atomic E-state index is 11.8. The first-order valence-electron chi connectivity index (χ1n) is 6.60. The van der Waals surface area contributed by atoms with Crippen LogP contribution in [0.3, 0.4) is 0 Å². The van der Waals surface area contributed by atoms with Crippen molar-refractivity contribution in [3.05, 3.63) is 38.7 Å². The van der Waals surface area contributed by atoms with E-state index in [0.717, 1.165) is 4.57 Å². The zero-order valence-corrected chi connectivity index (χ0v) is 11.5. The molecule has 2 heterocycles. The van der Waals surface area contributed by atoms with Crippen molar-refractivity contribution in [2.24, 2.45) is 0 Å². The van der Waals surface area contributed by atoms with E-state index in [9.17, 15) is 19.5 Å². The third-order valence-corrected chi connectivity index (χ3v) is 3.28. The van der Waals surface area contributed by atoms with Gasteiger partial charge in [0.2, 0.25) is 0 Å². The van der Waals surface area contributed by atoms with Crippen LogP contribution < -0.4 is 11.2 Å². The SMILES string of the molecule is O=C(O)C/C=C/c1cn([C@H]2CC(O)[C@@H](CO)O2)c(=O)[nH]c1=O. The summed E-state index contributed by atoms with van der Waals surface area (Å²) < 4.78 is 6.45. The minimum absolute atomic E-state index is 0.0892. The fraction of sp³-hybridized carbons (Fsp3) is 0.462. The summed E-state index contributed by atoms with van der Waals surface area (Å²) in [7, 11) is 0. The molecule has 9 heteroatoms. The fourth-order valence-electron chi connectivity index (χ4n) is 2.17. The van der Waals surface area contributed by atoms with Crippen LogP contribution in [0.5, 0.6) is 0 Å². The zero-order valence-electron chi connectivity index (χ0n) is 11.5. The summed E-state index contributed by atoms with van der Waals surface area (Å²) >= 11 is 0. The molecule has 0 bridgehead atoms. The van der Waals surface area contributed by atoms with Crippen molar-refractivity contribution in [2.45, 2.75) is 31.3 Å². The molecule has 1 aliphatic rings. The van der Waals surface area contributed by atoms with Gasteiger partial charge in [-0.1, -0.05) is 12.2 Å². The highest BCUT2D eigenvalue weighted by Crippen LogP contribution is 2.27. The first kappa shape index (κ1) is 16.1. The zero-order chi connectivity index (χ0) is 16.3. The Morgan fingerprint density at radius 1 is 1.50 bits per heavy atom. The van der Waals surface area contributed by atoms with Gasteiger partial charge in [0.1, 0.15) is 12.3 Å². The Morgan fingerprint density at radius 3 is 2.82 bits per heavy atom. The number of carboxylic acids is 1. The van der Waals surface area contributed by atoms with E-state index in [0.29, 0.717) is 0 Å². The van der Waals surface area contributed by atoms with Crippen molar-refractivity contribution in [3.8, 4) is 0 Å². The molecule has 9 nitrogen and oxygen atoms in total. The highest BCUT2D eigenvalue weighted by atomic mass is 16.5. The van der Waals surface area contributed by atoms with Crippen LogP contribution in [-0.2, 0) is 9.53 Å². The van der Waals surface area contributed by atoms with Crippen molar-refractivity contribution >= 4 is 12.0 Å². The number of carbonyl (C=O) groups is 1. The number of aliphatic hydroxyl groups excluding tert-OH is 2. The van der Waals surface area contributed by atoms with Crippen LogP contribution in [0, 0.1) is 0 Å². The Kier molecular flexibility index (Phi) is 4.91. The highest BCUT2D eigenvalue weighted by Gasteiger charge is 2.35. The second-order valence-electron chi connectivity index (χ2n) is 4.87. The van der Waals surface area contributed by atoms with Crippen molar-refractivity contribution in [1.29, 1.82) is 0 Å². The minimum atomic E-state index is -1.05. The summed E-state index contributed by atoms with van der Waals surface area (Å²) in [6.45, 7) is -0.388. The van der Waals surface area contributed by atoms with Crippen LogP contribution in [0.25, 0.3) is 6.08 Å². The molecule has 0 amide bonds. The molecule has 3 atom stereocenters. The van der Waals surface area contributed by atoms with E-state index >= 15 is 0 Å². The summed E-state index contributed by atoms with van der Waals surface area (Å²) in [5.74, 6) is -1.05. The molecular formula is C13H16N2O7. The summed E-state index contributed by atoms with van der Waals surface area (Å²) in [5.41, 5.74) is -1.28. The highest BCUT2D eigenvalue weighted by molar-refractivity contribution is 5.70. The summed E-state index contributed by atoms with van der Waals surface area (Å²) in [4.78, 5) is 36.0. The number of aliphatic hydroxyl groups is 2. The average molecular weight is 312 g/mol. The van der Waals surface area contributed by atoms with Gasteiger partial charge >= 0.3 is 11.7 Å². The number of aromatic nitrogens is 2. The van der Waals surface area contributed by atoms with Gasteiger partial charge in [-0.25, -0.2) is 4.79 Å². The Bertz CT molecular complexity index is 690. The monoisotopic (exact) mass is 312 g/mol. The summed E-state index contributed by atoms with van der Waals surface area (Å²) in [6, 6.07) is 0. The van der Waals surface area contributed by atoms with Gasteiger partial charge in [0.25, 0.3) is 5.56 Å². The van der Waals surface area contributed by atoms with Crippen LogP contribution in [0.15, 0.2) is 21.9 Å². The average Bonchev–Trinajstić information content (AvgIpc) is 2.81. The topological polar surface area (TPSA) is 142 Å². The molecule has 0 radical (unpaired) electrons. The van der Waals surface area contributed by atoms with Gasteiger partial charge in [-0.3, -0.25) is 19.1 Å². The molecule has 0 spiro atoms. The Hall–Kier alpha value is -2.23. The van der Waals surface area contributed by atoms with Gasteiger partial charge in [-0.15, -0.1) is 0 Å². The lowest BCUT2D eigenvalue weighted by Crippen LogP contribution is -2.33. The standard InChI is InChI=1S/C13H16N2O7/c16-6-9-8(17)4-10(22-9)15-5-7(2-1-3-11(18)19)12(20)14-13(15)21/h1-2,5,8-10,16-17H,3-4,6H2,(H,18,19)(H,14,20,21)/b2-1+/t8?,9-,10-/m1/s1. The quantitative estimate of drug-likeness (QED) is 0.527. The van der Waals surface area contributed by atoms with Crippen molar-refractivity contribution < 1.29 is 24.9 Å². The molecule has 0 saturated carbocycles. The van der Waals surface area contributed by atoms with Gasteiger partial charge in [0.15, 0.2) is 0 Å². The number of hydrogen-bond donors (Lipinski definition) is 4. The number of rotatable bonds is 5. The largest absolute Gasteiger partial charge is 0.481 e. The second kappa shape index (κ2) is 6.69. The van der Waals surface area contributed by atoms with Gasteiger partial charge in [0, 0.05) is 12.6 Å². The molecule has 22 heavy (non-hydrogen) atoms. The van der Waals surface area contributed by atoms with Crippen LogP contribution in [0.4, 0.5) is 0 Å². The normalized spacial score (nSPS) is 24.9. The number of carboxylic acid groups (broad SMARTS) is 1. The van der Waals surface area contributed by atoms with Crippen molar-refractivity contribution in [2.75, 3.05) is 6.61 Å². The smallest absolute Gasteiger partial charge is 0.330 e. The van der Waals surface area contributed by atoms with E-state index in [2.05, 4.69) is 4.98 Å². The molecule has 1 aromatic heterocycles. The predicted octanol–water partition coefficient (Wildman–Crippen LogP) is -1.33. The van der Waals surface area contributed by atoms with Crippen LogP contribution >= 0.6 is 0 Å². The van der Waals surface area contributed by atoms with E-state index in [1.165, 1.54) is 18.3 Å². The summed E-state index contributed by atoms with van der Waals surface area (Å²) in [5, 5.41) is 27.3. The number of hydrogen-bond acceptors (Lipinski definition) is 6. The lowest BCUT2D eigenvalue weighted by atomic mass is 10.2. The number of nitrogens with zero attached hydrogens (tertiary/aromatic N) is 1.